The van der Waals surface area contributed by atoms with Crippen molar-refractivity contribution in [1.82, 2.24) is 35.0 Å². The van der Waals surface area contributed by atoms with Crippen molar-refractivity contribution in [2.24, 2.45) is 5.92 Å². The van der Waals surface area contributed by atoms with Gasteiger partial charge in [-0.25, -0.2) is 4.68 Å². The zero-order valence-corrected chi connectivity index (χ0v) is 19.0. The minimum Gasteiger partial charge on any atom is -0.381 e. The van der Waals surface area contributed by atoms with Crippen molar-refractivity contribution in [2.45, 2.75) is 71.5 Å². The maximum absolute atomic E-state index is 12.4. The molecular weight excluding hydrogens is 410 g/mol. The molecule has 1 unspecified atom stereocenters. The van der Waals surface area contributed by atoms with E-state index >= 15 is 0 Å². The Kier molecular flexibility index (Phi) is 6.00. The first-order valence-electron chi connectivity index (χ1n) is 11.7. The number of ether oxygens (including phenoxy) is 2. The van der Waals surface area contributed by atoms with E-state index in [1.165, 1.54) is 5.56 Å². The number of nitrogens with zero attached hydrogens (tertiary/aromatic N) is 6. The van der Waals surface area contributed by atoms with Gasteiger partial charge in [-0.1, -0.05) is 5.21 Å². The third-order valence-electron chi connectivity index (χ3n) is 7.05. The van der Waals surface area contributed by atoms with Crippen LogP contribution in [0.25, 0.3) is 0 Å². The van der Waals surface area contributed by atoms with E-state index in [9.17, 15) is 4.79 Å². The summed E-state index contributed by atoms with van der Waals surface area (Å²) >= 11 is 0. The Bertz CT molecular complexity index is 965. The molecule has 10 nitrogen and oxygen atoms in total. The molecule has 0 aliphatic carbocycles. The molecule has 2 saturated heterocycles. The Morgan fingerprint density at radius 2 is 2.16 bits per heavy atom. The number of carbonyl (C=O) groups excluding carboxylic acids is 1. The molecule has 0 saturated carbocycles. The van der Waals surface area contributed by atoms with Gasteiger partial charge in [-0.05, 0) is 33.1 Å². The average Bonchev–Trinajstić information content (AvgIpc) is 3.50. The highest BCUT2D eigenvalue weighted by atomic mass is 16.5. The van der Waals surface area contributed by atoms with Crippen LogP contribution in [0.4, 0.5) is 0 Å². The number of hydrogen-bond donors (Lipinski definition) is 1. The molecular formula is C22H33N7O3. The van der Waals surface area contributed by atoms with Gasteiger partial charge in [0.05, 0.1) is 31.1 Å². The second kappa shape index (κ2) is 8.92. The molecule has 174 valence electrons. The highest BCUT2D eigenvalue weighted by molar-refractivity contribution is 5.78. The largest absolute Gasteiger partial charge is 0.381 e. The van der Waals surface area contributed by atoms with Crippen molar-refractivity contribution < 1.29 is 14.3 Å². The topological polar surface area (TPSA) is 99.3 Å². The van der Waals surface area contributed by atoms with E-state index < -0.39 is 0 Å². The summed E-state index contributed by atoms with van der Waals surface area (Å²) in [6.07, 6.45) is 4.69. The minimum absolute atomic E-state index is 0.0345. The van der Waals surface area contributed by atoms with Gasteiger partial charge in [0, 0.05) is 57.1 Å². The first kappa shape index (κ1) is 21.5. The Morgan fingerprint density at radius 1 is 1.31 bits per heavy atom. The molecule has 3 aliphatic rings. The fourth-order valence-corrected chi connectivity index (χ4v) is 5.03. The Labute approximate surface area is 188 Å². The summed E-state index contributed by atoms with van der Waals surface area (Å²) in [5, 5.41) is 16.3. The van der Waals surface area contributed by atoms with E-state index in [-0.39, 0.29) is 17.4 Å². The van der Waals surface area contributed by atoms with Crippen LogP contribution >= 0.6 is 0 Å². The molecule has 32 heavy (non-hydrogen) atoms. The normalized spacial score (nSPS) is 24.2. The standard InChI is InChI=1S/C22H33N7O3/c1-3-28-12-18(16(2)25-28)11-27-7-6-22(14-27)15-29-20(13-32-22)19(24-26-29)10-23-21(30)17-4-8-31-9-5-17/h12,17H,3-11,13-15H2,1-2H3,(H,23,30). The number of rotatable bonds is 6. The SMILES string of the molecule is CCn1cc(CN2CCC3(C2)Cn2nnc(CNC(=O)C4CCOCC4)c2CO3)c(C)n1. The monoisotopic (exact) mass is 443 g/mol. The van der Waals surface area contributed by atoms with Crippen molar-refractivity contribution in [2.75, 3.05) is 26.3 Å². The number of nitrogens with one attached hydrogen (secondary N) is 1. The summed E-state index contributed by atoms with van der Waals surface area (Å²) in [4.78, 5) is 14.9. The highest BCUT2D eigenvalue weighted by Gasteiger charge is 2.43. The van der Waals surface area contributed by atoms with Gasteiger partial charge in [0.1, 0.15) is 11.3 Å². The lowest BCUT2D eigenvalue weighted by Gasteiger charge is -2.34. The molecule has 3 aliphatic heterocycles. The van der Waals surface area contributed by atoms with Gasteiger partial charge in [0.15, 0.2) is 0 Å². The van der Waals surface area contributed by atoms with Crippen LogP contribution in [0.15, 0.2) is 6.20 Å². The van der Waals surface area contributed by atoms with Gasteiger partial charge in [-0.2, -0.15) is 5.10 Å². The first-order chi connectivity index (χ1) is 15.5. The van der Waals surface area contributed by atoms with Gasteiger partial charge < -0.3 is 14.8 Å². The number of aromatic nitrogens is 5. The zero-order chi connectivity index (χ0) is 22.1. The lowest BCUT2D eigenvalue weighted by atomic mass is 9.99. The summed E-state index contributed by atoms with van der Waals surface area (Å²) in [7, 11) is 0. The number of aryl methyl sites for hydroxylation is 2. The molecule has 0 radical (unpaired) electrons. The fourth-order valence-electron chi connectivity index (χ4n) is 5.03. The summed E-state index contributed by atoms with van der Waals surface area (Å²) in [5.41, 5.74) is 3.93. The number of amides is 1. The molecule has 2 aromatic rings. The Balaban J connectivity index is 1.18. The second-order valence-electron chi connectivity index (χ2n) is 9.27. The van der Waals surface area contributed by atoms with Crippen LogP contribution < -0.4 is 5.32 Å². The van der Waals surface area contributed by atoms with Crippen LogP contribution in [-0.4, -0.2) is 67.5 Å². The van der Waals surface area contributed by atoms with Gasteiger partial charge >= 0.3 is 0 Å². The van der Waals surface area contributed by atoms with Crippen LogP contribution in [0.3, 0.4) is 0 Å². The Morgan fingerprint density at radius 3 is 2.94 bits per heavy atom. The smallest absolute Gasteiger partial charge is 0.223 e. The van der Waals surface area contributed by atoms with Crippen molar-refractivity contribution >= 4 is 5.91 Å². The average molecular weight is 444 g/mol. The van der Waals surface area contributed by atoms with E-state index in [2.05, 4.69) is 45.7 Å². The zero-order valence-electron chi connectivity index (χ0n) is 19.0. The van der Waals surface area contributed by atoms with Crippen molar-refractivity contribution in [3.8, 4) is 0 Å². The van der Waals surface area contributed by atoms with E-state index in [1.54, 1.807) is 0 Å². The van der Waals surface area contributed by atoms with Crippen LogP contribution in [0, 0.1) is 12.8 Å². The lowest BCUT2D eigenvalue weighted by Crippen LogP contribution is -2.44. The Hall–Kier alpha value is -2.30. The maximum Gasteiger partial charge on any atom is 0.223 e. The van der Waals surface area contributed by atoms with Crippen LogP contribution in [0.2, 0.25) is 0 Å². The molecule has 5 heterocycles. The number of carbonyl (C=O) groups is 1. The minimum atomic E-state index is -0.224. The van der Waals surface area contributed by atoms with Crippen molar-refractivity contribution in [1.29, 1.82) is 0 Å². The van der Waals surface area contributed by atoms with E-state index in [0.29, 0.717) is 32.9 Å². The van der Waals surface area contributed by atoms with Crippen LogP contribution in [-0.2, 0) is 47.1 Å². The molecule has 2 fully saturated rings. The first-order valence-corrected chi connectivity index (χ1v) is 11.7. The summed E-state index contributed by atoms with van der Waals surface area (Å²) < 4.78 is 15.7. The molecule has 2 aromatic heterocycles. The van der Waals surface area contributed by atoms with E-state index in [4.69, 9.17) is 9.47 Å². The molecule has 1 atom stereocenters. The lowest BCUT2D eigenvalue weighted by molar-refractivity contribution is -0.128. The molecule has 5 rings (SSSR count). The second-order valence-corrected chi connectivity index (χ2v) is 9.27. The molecule has 0 aromatic carbocycles. The van der Waals surface area contributed by atoms with Gasteiger partial charge in [-0.15, -0.1) is 5.10 Å². The predicted octanol–water partition coefficient (Wildman–Crippen LogP) is 1.02. The molecule has 0 bridgehead atoms. The van der Waals surface area contributed by atoms with Crippen LogP contribution in [0.5, 0.6) is 0 Å². The predicted molar refractivity (Wildman–Crippen MR) is 115 cm³/mol. The van der Waals surface area contributed by atoms with Crippen molar-refractivity contribution in [3.05, 3.63) is 28.8 Å². The summed E-state index contributed by atoms with van der Waals surface area (Å²) in [6, 6.07) is 0. The van der Waals surface area contributed by atoms with Gasteiger partial charge in [0.2, 0.25) is 5.91 Å². The third-order valence-corrected chi connectivity index (χ3v) is 7.05. The molecule has 10 heteroatoms. The van der Waals surface area contributed by atoms with E-state index in [0.717, 1.165) is 62.5 Å². The highest BCUT2D eigenvalue weighted by Crippen LogP contribution is 2.33. The fraction of sp³-hybridized carbons (Fsp3) is 0.727. The number of likely N-dealkylation sites (tertiary alicyclic amines) is 1. The summed E-state index contributed by atoms with van der Waals surface area (Å²) in [5.74, 6) is 0.114. The van der Waals surface area contributed by atoms with Gasteiger partial charge in [-0.3, -0.25) is 14.4 Å². The molecule has 1 amide bonds. The summed E-state index contributed by atoms with van der Waals surface area (Å²) in [6.45, 7) is 10.7. The molecule has 1 N–H and O–H groups in total. The van der Waals surface area contributed by atoms with Crippen LogP contribution in [0.1, 0.15) is 48.8 Å². The quantitative estimate of drug-likeness (QED) is 0.712. The molecule has 1 spiro atoms. The van der Waals surface area contributed by atoms with Crippen molar-refractivity contribution in [3.63, 3.8) is 0 Å². The number of fused-ring (bicyclic) bond motifs is 1. The third kappa shape index (κ3) is 4.31. The van der Waals surface area contributed by atoms with Gasteiger partial charge in [0.25, 0.3) is 0 Å². The maximum atomic E-state index is 12.4. The number of hydrogen-bond acceptors (Lipinski definition) is 7. The van der Waals surface area contributed by atoms with E-state index in [1.807, 2.05) is 9.36 Å².